The van der Waals surface area contributed by atoms with E-state index in [9.17, 15) is 4.79 Å². The Morgan fingerprint density at radius 1 is 0.933 bits per heavy atom. The van der Waals surface area contributed by atoms with Crippen molar-refractivity contribution in [3.05, 3.63) is 65.7 Å². The van der Waals surface area contributed by atoms with Crippen LogP contribution in [0.1, 0.15) is 38.3 Å². The number of carboxylic acids is 1. The zero-order valence-electron chi connectivity index (χ0n) is 18.6. The normalized spacial score (nSPS) is 15.2. The molecule has 0 saturated carbocycles. The smallest absolute Gasteiger partial charge is 0.305 e. The topological polar surface area (TPSA) is 53.0 Å². The molecule has 2 aromatic rings. The molecule has 3 rings (SSSR count). The van der Waals surface area contributed by atoms with Crippen molar-refractivity contribution in [1.82, 2.24) is 9.80 Å². The Labute approximate surface area is 181 Å². The molecule has 0 amide bonds. The van der Waals surface area contributed by atoms with E-state index < -0.39 is 5.97 Å². The minimum absolute atomic E-state index is 0.231. The lowest BCUT2D eigenvalue weighted by Gasteiger charge is -2.21. The Kier molecular flexibility index (Phi) is 10.4. The average molecular weight is 413 g/mol. The lowest BCUT2D eigenvalue weighted by Crippen LogP contribution is -2.30. The summed E-state index contributed by atoms with van der Waals surface area (Å²) in [5.74, 6) is -0.0318. The van der Waals surface area contributed by atoms with E-state index in [-0.39, 0.29) is 5.92 Å². The number of carbonyl (C=O) groups is 1. The summed E-state index contributed by atoms with van der Waals surface area (Å²) < 4.78 is 5.87. The van der Waals surface area contributed by atoms with Gasteiger partial charge in [-0.2, -0.15) is 0 Å². The second-order valence-electron chi connectivity index (χ2n) is 7.98. The fourth-order valence-corrected chi connectivity index (χ4v) is 3.19. The standard InChI is InChI=1S/C21H28N2O.C4H8O2/c1-2-22-13-6-14-23(16-15-22)17-19-9-11-21(12-10-19)24-18-20-7-4-3-5-8-20;1-3(2)4(5)6/h3-5,7-12H,2,6,13-18H2,1H3;3H,1-2H3,(H,5,6). The average Bonchev–Trinajstić information content (AvgIpc) is 2.99. The summed E-state index contributed by atoms with van der Waals surface area (Å²) in [5, 5.41) is 7.99. The third kappa shape index (κ3) is 8.97. The predicted molar refractivity (Wildman–Crippen MR) is 122 cm³/mol. The number of carboxylic acid groups (broad SMARTS) is 1. The fourth-order valence-electron chi connectivity index (χ4n) is 3.19. The zero-order valence-corrected chi connectivity index (χ0v) is 18.6. The van der Waals surface area contributed by atoms with E-state index in [1.165, 1.54) is 50.3 Å². The third-order valence-corrected chi connectivity index (χ3v) is 5.20. The number of benzene rings is 2. The first kappa shape index (κ1) is 23.9. The summed E-state index contributed by atoms with van der Waals surface area (Å²) in [6.45, 7) is 13.2. The SMILES string of the molecule is CC(C)C(=O)O.CCN1CCCN(Cc2ccc(OCc3ccccc3)cc2)CC1. The predicted octanol–water partition coefficient (Wildman–Crippen LogP) is 4.52. The molecule has 0 aromatic heterocycles. The third-order valence-electron chi connectivity index (χ3n) is 5.20. The molecular weight excluding hydrogens is 376 g/mol. The first-order chi connectivity index (χ1) is 14.5. The summed E-state index contributed by atoms with van der Waals surface area (Å²) in [6.07, 6.45) is 1.27. The van der Waals surface area contributed by atoms with Gasteiger partial charge < -0.3 is 14.7 Å². The molecule has 1 fully saturated rings. The Hall–Kier alpha value is -2.37. The molecule has 1 saturated heterocycles. The first-order valence-electron chi connectivity index (χ1n) is 10.9. The molecule has 0 atom stereocenters. The summed E-state index contributed by atoms with van der Waals surface area (Å²) >= 11 is 0. The molecule has 0 radical (unpaired) electrons. The molecule has 0 spiro atoms. The maximum atomic E-state index is 9.70. The fraction of sp³-hybridized carbons (Fsp3) is 0.480. The van der Waals surface area contributed by atoms with Crippen molar-refractivity contribution in [2.24, 2.45) is 5.92 Å². The summed E-state index contributed by atoms with van der Waals surface area (Å²) in [4.78, 5) is 14.8. The monoisotopic (exact) mass is 412 g/mol. The number of ether oxygens (including phenoxy) is 1. The van der Waals surface area contributed by atoms with Gasteiger partial charge in [0.2, 0.25) is 0 Å². The van der Waals surface area contributed by atoms with Gasteiger partial charge in [-0.1, -0.05) is 63.2 Å². The lowest BCUT2D eigenvalue weighted by atomic mass is 10.2. The van der Waals surface area contributed by atoms with E-state index in [4.69, 9.17) is 9.84 Å². The van der Waals surface area contributed by atoms with Crippen LogP contribution in [0.5, 0.6) is 5.75 Å². The molecule has 0 aliphatic carbocycles. The van der Waals surface area contributed by atoms with E-state index >= 15 is 0 Å². The number of rotatable bonds is 7. The quantitative estimate of drug-likeness (QED) is 0.725. The van der Waals surface area contributed by atoms with Gasteiger partial charge in [0.25, 0.3) is 0 Å². The van der Waals surface area contributed by atoms with Crippen LogP contribution in [0, 0.1) is 5.92 Å². The maximum absolute atomic E-state index is 9.70. The summed E-state index contributed by atoms with van der Waals surface area (Å²) in [7, 11) is 0. The highest BCUT2D eigenvalue weighted by molar-refractivity contribution is 5.68. The maximum Gasteiger partial charge on any atom is 0.305 e. The van der Waals surface area contributed by atoms with Crippen LogP contribution in [0.25, 0.3) is 0 Å². The van der Waals surface area contributed by atoms with Crippen molar-refractivity contribution in [3.63, 3.8) is 0 Å². The van der Waals surface area contributed by atoms with Gasteiger partial charge in [0, 0.05) is 19.6 Å². The van der Waals surface area contributed by atoms with Crippen molar-refractivity contribution < 1.29 is 14.6 Å². The minimum atomic E-state index is -0.741. The van der Waals surface area contributed by atoms with Crippen LogP contribution in [-0.2, 0) is 17.9 Å². The Bertz CT molecular complexity index is 732. The lowest BCUT2D eigenvalue weighted by molar-refractivity contribution is -0.140. The molecule has 0 unspecified atom stereocenters. The van der Waals surface area contributed by atoms with Gasteiger partial charge in [-0.25, -0.2) is 0 Å². The van der Waals surface area contributed by atoms with Crippen LogP contribution in [0.15, 0.2) is 54.6 Å². The van der Waals surface area contributed by atoms with Gasteiger partial charge >= 0.3 is 5.97 Å². The highest BCUT2D eigenvalue weighted by Gasteiger charge is 2.13. The second-order valence-corrected chi connectivity index (χ2v) is 7.98. The molecule has 1 N–H and O–H groups in total. The summed E-state index contributed by atoms with van der Waals surface area (Å²) in [6, 6.07) is 18.9. The van der Waals surface area contributed by atoms with Crippen molar-refractivity contribution in [2.75, 3.05) is 32.7 Å². The Balaban J connectivity index is 0.000000469. The van der Waals surface area contributed by atoms with Gasteiger partial charge in [0.1, 0.15) is 12.4 Å². The van der Waals surface area contributed by atoms with Gasteiger partial charge in [0.15, 0.2) is 0 Å². The van der Waals surface area contributed by atoms with Gasteiger partial charge in [-0.05, 0) is 49.3 Å². The molecule has 1 aliphatic rings. The van der Waals surface area contributed by atoms with E-state index in [2.05, 4.69) is 53.1 Å². The molecule has 1 heterocycles. The second kappa shape index (κ2) is 13.0. The minimum Gasteiger partial charge on any atom is -0.489 e. The number of hydrogen-bond donors (Lipinski definition) is 1. The number of aliphatic carboxylic acids is 1. The van der Waals surface area contributed by atoms with Gasteiger partial charge in [0.05, 0.1) is 5.92 Å². The van der Waals surface area contributed by atoms with E-state index in [0.29, 0.717) is 6.61 Å². The van der Waals surface area contributed by atoms with E-state index in [1.54, 1.807) is 13.8 Å². The van der Waals surface area contributed by atoms with Crippen molar-refractivity contribution in [2.45, 2.75) is 40.3 Å². The van der Waals surface area contributed by atoms with Crippen LogP contribution in [-0.4, -0.2) is 53.6 Å². The van der Waals surface area contributed by atoms with Gasteiger partial charge in [-0.15, -0.1) is 0 Å². The van der Waals surface area contributed by atoms with Crippen LogP contribution in [0.2, 0.25) is 0 Å². The van der Waals surface area contributed by atoms with Gasteiger partial charge in [-0.3, -0.25) is 9.69 Å². The van der Waals surface area contributed by atoms with E-state index in [0.717, 1.165) is 12.3 Å². The highest BCUT2D eigenvalue weighted by atomic mass is 16.5. The van der Waals surface area contributed by atoms with Crippen LogP contribution < -0.4 is 4.74 Å². The van der Waals surface area contributed by atoms with Crippen LogP contribution in [0.3, 0.4) is 0 Å². The van der Waals surface area contributed by atoms with Crippen molar-refractivity contribution in [1.29, 1.82) is 0 Å². The van der Waals surface area contributed by atoms with Crippen molar-refractivity contribution >= 4 is 5.97 Å². The molecule has 5 heteroatoms. The Morgan fingerprint density at radius 2 is 1.53 bits per heavy atom. The van der Waals surface area contributed by atoms with Crippen LogP contribution >= 0.6 is 0 Å². The molecule has 164 valence electrons. The molecule has 5 nitrogen and oxygen atoms in total. The zero-order chi connectivity index (χ0) is 21.8. The largest absolute Gasteiger partial charge is 0.489 e. The molecule has 2 aromatic carbocycles. The molecular formula is C25H36N2O3. The van der Waals surface area contributed by atoms with Crippen molar-refractivity contribution in [3.8, 4) is 5.75 Å². The number of nitrogens with zero attached hydrogens (tertiary/aromatic N) is 2. The molecule has 1 aliphatic heterocycles. The number of likely N-dealkylation sites (N-methyl/N-ethyl adjacent to an activating group) is 1. The van der Waals surface area contributed by atoms with Crippen LogP contribution in [0.4, 0.5) is 0 Å². The molecule has 30 heavy (non-hydrogen) atoms. The van der Waals surface area contributed by atoms with E-state index in [1.807, 2.05) is 18.2 Å². The number of hydrogen-bond acceptors (Lipinski definition) is 4. The Morgan fingerprint density at radius 3 is 2.13 bits per heavy atom. The summed E-state index contributed by atoms with van der Waals surface area (Å²) in [5.41, 5.74) is 2.57. The highest BCUT2D eigenvalue weighted by Crippen LogP contribution is 2.16. The molecule has 0 bridgehead atoms. The first-order valence-corrected chi connectivity index (χ1v) is 10.9.